The van der Waals surface area contributed by atoms with Gasteiger partial charge in [0.25, 0.3) is 0 Å². The number of rotatable bonds is 14. The van der Waals surface area contributed by atoms with Crippen molar-refractivity contribution in [3.05, 3.63) is 29.8 Å². The molecule has 0 saturated carbocycles. The number of alkyl carbamates (subject to hydrolysis) is 1. The van der Waals surface area contributed by atoms with Crippen LogP contribution in [0.5, 0.6) is 0 Å². The van der Waals surface area contributed by atoms with Crippen molar-refractivity contribution in [3.63, 3.8) is 0 Å². The summed E-state index contributed by atoms with van der Waals surface area (Å²) in [7, 11) is 0. The Morgan fingerprint density at radius 1 is 0.867 bits per heavy atom. The first-order valence-corrected chi connectivity index (χ1v) is 11.7. The molecule has 0 aliphatic carbocycles. The van der Waals surface area contributed by atoms with Gasteiger partial charge in [-0.05, 0) is 57.7 Å². The van der Waals surface area contributed by atoms with Crippen LogP contribution in [0.2, 0.25) is 0 Å². The van der Waals surface area contributed by atoms with Gasteiger partial charge in [0.1, 0.15) is 5.60 Å². The van der Waals surface area contributed by atoms with Crippen molar-refractivity contribution in [1.82, 2.24) is 5.32 Å². The summed E-state index contributed by atoms with van der Waals surface area (Å²) in [5.74, 6) is -0.0446. The fourth-order valence-corrected chi connectivity index (χ4v) is 3.19. The summed E-state index contributed by atoms with van der Waals surface area (Å²) in [5.41, 5.74) is 1.63. The number of amides is 2. The number of hydrogen-bond donors (Lipinski definition) is 2. The molecule has 0 spiro atoms. The van der Waals surface area contributed by atoms with Crippen molar-refractivity contribution in [1.29, 1.82) is 0 Å². The largest absolute Gasteiger partial charge is 0.444 e. The van der Waals surface area contributed by atoms with Crippen LogP contribution in [0, 0.1) is 0 Å². The number of unbranched alkanes of at least 4 members (excludes halogenated alkanes) is 7. The molecule has 0 aliphatic rings. The van der Waals surface area contributed by atoms with Crippen LogP contribution in [0.25, 0.3) is 0 Å². The SMILES string of the molecule is CCCCCCCCCCc1ccc(NC(=O)CCCNC(=O)OC(C)(C)C)cc1. The third-order valence-corrected chi connectivity index (χ3v) is 4.81. The third kappa shape index (κ3) is 14.0. The molecule has 0 radical (unpaired) electrons. The summed E-state index contributed by atoms with van der Waals surface area (Å²) in [4.78, 5) is 23.6. The molecule has 1 aromatic rings. The number of anilines is 1. The molecular weight excluding hydrogens is 376 g/mol. The number of carbonyl (C=O) groups excluding carboxylic acids is 2. The Kier molecular flexibility index (Phi) is 12.9. The monoisotopic (exact) mass is 418 g/mol. The van der Waals surface area contributed by atoms with E-state index in [-0.39, 0.29) is 5.91 Å². The van der Waals surface area contributed by atoms with Gasteiger partial charge in [-0.25, -0.2) is 4.79 Å². The fourth-order valence-electron chi connectivity index (χ4n) is 3.19. The van der Waals surface area contributed by atoms with Crippen LogP contribution in [0.3, 0.4) is 0 Å². The second kappa shape index (κ2) is 14.9. The zero-order valence-corrected chi connectivity index (χ0v) is 19.5. The summed E-state index contributed by atoms with van der Waals surface area (Å²) >= 11 is 0. The van der Waals surface area contributed by atoms with E-state index in [2.05, 4.69) is 29.7 Å². The molecule has 1 rings (SSSR count). The smallest absolute Gasteiger partial charge is 0.407 e. The summed E-state index contributed by atoms with van der Waals surface area (Å²) in [6, 6.07) is 8.13. The lowest BCUT2D eigenvalue weighted by atomic mass is 10.0. The summed E-state index contributed by atoms with van der Waals surface area (Å²) in [6.45, 7) is 8.13. The zero-order valence-electron chi connectivity index (χ0n) is 19.5. The molecule has 0 atom stereocenters. The molecule has 2 N–H and O–H groups in total. The molecule has 0 unspecified atom stereocenters. The molecule has 0 saturated heterocycles. The van der Waals surface area contributed by atoms with Gasteiger partial charge >= 0.3 is 6.09 Å². The Labute approximate surface area is 183 Å². The Hall–Kier alpha value is -2.04. The van der Waals surface area contributed by atoms with Crippen LogP contribution in [-0.2, 0) is 16.0 Å². The summed E-state index contributed by atoms with van der Waals surface area (Å²) in [6.07, 6.45) is 12.2. The quantitative estimate of drug-likeness (QED) is 0.334. The van der Waals surface area contributed by atoms with Crippen molar-refractivity contribution in [2.75, 3.05) is 11.9 Å². The van der Waals surface area contributed by atoms with Crippen LogP contribution in [0.1, 0.15) is 97.5 Å². The van der Waals surface area contributed by atoms with Gasteiger partial charge in [-0.2, -0.15) is 0 Å². The molecule has 2 amide bonds. The molecule has 1 aromatic carbocycles. The van der Waals surface area contributed by atoms with Gasteiger partial charge in [0, 0.05) is 18.7 Å². The zero-order chi connectivity index (χ0) is 22.2. The maximum absolute atomic E-state index is 12.1. The molecule has 0 fully saturated rings. The van der Waals surface area contributed by atoms with Crippen molar-refractivity contribution < 1.29 is 14.3 Å². The number of benzene rings is 1. The Morgan fingerprint density at radius 3 is 2.07 bits per heavy atom. The minimum atomic E-state index is -0.512. The second-order valence-electron chi connectivity index (χ2n) is 9.00. The standard InChI is InChI=1S/C25H42N2O3/c1-5-6-7-8-9-10-11-12-14-21-16-18-22(19-17-21)27-23(28)15-13-20-26-24(29)30-25(2,3)4/h16-19H,5-15,20H2,1-4H3,(H,26,29)(H,27,28). The number of aryl methyl sites for hydroxylation is 1. The fraction of sp³-hybridized carbons (Fsp3) is 0.680. The highest BCUT2D eigenvalue weighted by Crippen LogP contribution is 2.14. The molecular formula is C25H42N2O3. The average Bonchev–Trinajstić information content (AvgIpc) is 2.67. The van der Waals surface area contributed by atoms with Crippen molar-refractivity contribution in [3.8, 4) is 0 Å². The van der Waals surface area contributed by atoms with Gasteiger partial charge in [0.05, 0.1) is 0 Å². The lowest BCUT2D eigenvalue weighted by molar-refractivity contribution is -0.116. The van der Waals surface area contributed by atoms with E-state index in [4.69, 9.17) is 4.74 Å². The normalized spacial score (nSPS) is 11.2. The average molecular weight is 419 g/mol. The van der Waals surface area contributed by atoms with E-state index < -0.39 is 11.7 Å². The lowest BCUT2D eigenvalue weighted by Crippen LogP contribution is -2.33. The van der Waals surface area contributed by atoms with Crippen LogP contribution < -0.4 is 10.6 Å². The number of nitrogens with one attached hydrogen (secondary N) is 2. The number of carbonyl (C=O) groups is 2. The second-order valence-corrected chi connectivity index (χ2v) is 9.00. The molecule has 0 aromatic heterocycles. The van der Waals surface area contributed by atoms with E-state index in [1.54, 1.807) is 0 Å². The van der Waals surface area contributed by atoms with E-state index in [0.29, 0.717) is 19.4 Å². The molecule has 5 nitrogen and oxygen atoms in total. The highest BCUT2D eigenvalue weighted by molar-refractivity contribution is 5.90. The van der Waals surface area contributed by atoms with Gasteiger partial charge < -0.3 is 15.4 Å². The molecule has 170 valence electrons. The van der Waals surface area contributed by atoms with Gasteiger partial charge in [-0.1, -0.05) is 64.0 Å². The Morgan fingerprint density at radius 2 is 1.47 bits per heavy atom. The summed E-state index contributed by atoms with van der Waals surface area (Å²) < 4.78 is 5.16. The van der Waals surface area contributed by atoms with E-state index in [1.165, 1.54) is 56.9 Å². The summed E-state index contributed by atoms with van der Waals surface area (Å²) in [5, 5.41) is 5.58. The van der Waals surface area contributed by atoms with E-state index in [0.717, 1.165) is 12.1 Å². The first-order valence-electron chi connectivity index (χ1n) is 11.7. The Bertz CT molecular complexity index is 606. The van der Waals surface area contributed by atoms with Gasteiger partial charge in [-0.3, -0.25) is 4.79 Å². The predicted octanol–water partition coefficient (Wildman–Crippen LogP) is 6.61. The Balaban J connectivity index is 2.13. The minimum Gasteiger partial charge on any atom is -0.444 e. The maximum Gasteiger partial charge on any atom is 0.407 e. The van der Waals surface area contributed by atoms with Gasteiger partial charge in [0.2, 0.25) is 5.91 Å². The van der Waals surface area contributed by atoms with Crippen molar-refractivity contribution in [2.24, 2.45) is 0 Å². The lowest BCUT2D eigenvalue weighted by Gasteiger charge is -2.19. The van der Waals surface area contributed by atoms with Crippen LogP contribution in [-0.4, -0.2) is 24.1 Å². The van der Waals surface area contributed by atoms with Crippen molar-refractivity contribution >= 4 is 17.7 Å². The molecule has 0 heterocycles. The minimum absolute atomic E-state index is 0.0446. The van der Waals surface area contributed by atoms with E-state index >= 15 is 0 Å². The first kappa shape index (κ1) is 26.0. The molecule has 0 aliphatic heterocycles. The van der Waals surface area contributed by atoms with Crippen molar-refractivity contribution in [2.45, 2.75) is 104 Å². The number of hydrogen-bond acceptors (Lipinski definition) is 3. The third-order valence-electron chi connectivity index (χ3n) is 4.81. The topological polar surface area (TPSA) is 67.4 Å². The highest BCUT2D eigenvalue weighted by atomic mass is 16.6. The van der Waals surface area contributed by atoms with E-state index in [1.807, 2.05) is 32.9 Å². The van der Waals surface area contributed by atoms with Crippen LogP contribution in [0.4, 0.5) is 10.5 Å². The maximum atomic E-state index is 12.1. The first-order chi connectivity index (χ1) is 14.3. The van der Waals surface area contributed by atoms with E-state index in [9.17, 15) is 9.59 Å². The molecule has 30 heavy (non-hydrogen) atoms. The number of ether oxygens (including phenoxy) is 1. The molecule has 5 heteroatoms. The van der Waals surface area contributed by atoms with Gasteiger partial charge in [-0.15, -0.1) is 0 Å². The predicted molar refractivity (Wildman–Crippen MR) is 125 cm³/mol. The molecule has 0 bridgehead atoms. The van der Waals surface area contributed by atoms with Crippen LogP contribution in [0.15, 0.2) is 24.3 Å². The van der Waals surface area contributed by atoms with Crippen LogP contribution >= 0.6 is 0 Å². The van der Waals surface area contributed by atoms with Gasteiger partial charge in [0.15, 0.2) is 0 Å². The highest BCUT2D eigenvalue weighted by Gasteiger charge is 2.15.